The van der Waals surface area contributed by atoms with Crippen molar-refractivity contribution >= 4 is 45.1 Å². The summed E-state index contributed by atoms with van der Waals surface area (Å²) in [5, 5.41) is 15.4. The molecule has 4 N–H and O–H groups in total. The molecule has 3 aromatic rings. The van der Waals surface area contributed by atoms with E-state index in [0.717, 1.165) is 0 Å². The molecule has 0 amide bonds. The third-order valence-corrected chi connectivity index (χ3v) is 4.99. The number of ketones is 1. The second-order valence-corrected chi connectivity index (χ2v) is 8.29. The second kappa shape index (κ2) is 9.77. The van der Waals surface area contributed by atoms with Gasteiger partial charge in [0.2, 0.25) is 17.2 Å². The van der Waals surface area contributed by atoms with Gasteiger partial charge in [-0.3, -0.25) is 9.35 Å². The Morgan fingerprint density at radius 1 is 1.09 bits per heavy atom. The van der Waals surface area contributed by atoms with Crippen molar-refractivity contribution in [3.8, 4) is 11.5 Å². The first kappa shape index (κ1) is 23.2. The Hall–Kier alpha value is -3.48. The fourth-order valence-electron chi connectivity index (χ4n) is 2.60. The number of halogens is 1. The van der Waals surface area contributed by atoms with Crippen LogP contribution < -0.4 is 15.4 Å². The third-order valence-electron chi connectivity index (χ3n) is 4.10. The summed E-state index contributed by atoms with van der Waals surface area (Å²) in [6, 6.07) is 10.7. The Balaban J connectivity index is 1.71. The molecule has 0 fully saturated rings. The van der Waals surface area contributed by atoms with Crippen molar-refractivity contribution in [2.45, 2.75) is 0 Å². The normalized spacial score (nSPS) is 11.1. The fourth-order valence-corrected chi connectivity index (χ4v) is 3.12. The van der Waals surface area contributed by atoms with Gasteiger partial charge >= 0.3 is 0 Å². The number of hydrogen-bond acceptors (Lipinski definition) is 10. The molecule has 0 radical (unpaired) electrons. The minimum absolute atomic E-state index is 0.0120. The summed E-state index contributed by atoms with van der Waals surface area (Å²) in [4.78, 5) is 24.5. The molecule has 0 unspecified atom stereocenters. The number of carbonyl (C=O) groups is 1. The Bertz CT molecular complexity index is 1240. The molecule has 0 aliphatic carbocycles. The monoisotopic (exact) mass is 479 g/mol. The van der Waals surface area contributed by atoms with Crippen LogP contribution in [-0.2, 0) is 10.1 Å². The Labute approximate surface area is 188 Å². The van der Waals surface area contributed by atoms with E-state index in [2.05, 4.69) is 25.6 Å². The maximum Gasteiger partial charge on any atom is 0.266 e. The van der Waals surface area contributed by atoms with Gasteiger partial charge in [-0.25, -0.2) is 0 Å². The topological polar surface area (TPSA) is 164 Å². The number of benzene rings is 2. The molecule has 0 saturated heterocycles. The lowest BCUT2D eigenvalue weighted by molar-refractivity contribution is 0.103. The van der Waals surface area contributed by atoms with Gasteiger partial charge in [0, 0.05) is 23.9 Å². The lowest BCUT2D eigenvalue weighted by atomic mass is 10.0. The number of aromatic hydroxyl groups is 1. The molecule has 0 spiro atoms. The van der Waals surface area contributed by atoms with Crippen molar-refractivity contribution in [1.82, 2.24) is 15.0 Å². The lowest BCUT2D eigenvalue weighted by Gasteiger charge is -2.09. The van der Waals surface area contributed by atoms with Crippen LogP contribution >= 0.6 is 11.6 Å². The summed E-state index contributed by atoms with van der Waals surface area (Å²) in [5.41, 5.74) is 1.01. The number of nitrogens with zero attached hydrogens (tertiary/aromatic N) is 3. The molecule has 0 bridgehead atoms. The molecular weight excluding hydrogens is 462 g/mol. The van der Waals surface area contributed by atoms with Gasteiger partial charge in [-0.15, -0.1) is 0 Å². The number of aromatic nitrogens is 3. The predicted octanol–water partition coefficient (Wildman–Crippen LogP) is 2.51. The van der Waals surface area contributed by atoms with E-state index in [-0.39, 0.29) is 40.8 Å². The van der Waals surface area contributed by atoms with E-state index >= 15 is 0 Å². The highest BCUT2D eigenvalue weighted by Crippen LogP contribution is 2.26. The van der Waals surface area contributed by atoms with Gasteiger partial charge in [0.05, 0.1) is 18.4 Å². The summed E-state index contributed by atoms with van der Waals surface area (Å²) in [7, 11) is -2.67. The minimum atomic E-state index is -4.13. The zero-order valence-corrected chi connectivity index (χ0v) is 18.2. The molecule has 32 heavy (non-hydrogen) atoms. The summed E-state index contributed by atoms with van der Waals surface area (Å²) in [5.74, 6) is -0.570. The van der Waals surface area contributed by atoms with Crippen molar-refractivity contribution in [3.05, 3.63) is 58.9 Å². The number of rotatable bonds is 9. The summed E-state index contributed by atoms with van der Waals surface area (Å²) >= 11 is 5.87. The zero-order valence-electron chi connectivity index (χ0n) is 16.6. The number of nitrogens with one attached hydrogen (secondary N) is 2. The fraction of sp³-hybridized carbons (Fsp3) is 0.158. The van der Waals surface area contributed by atoms with Gasteiger partial charge < -0.3 is 20.5 Å². The number of hydrogen-bond donors (Lipinski definition) is 4. The van der Waals surface area contributed by atoms with Crippen molar-refractivity contribution < 1.29 is 27.6 Å². The molecule has 0 aliphatic rings. The van der Waals surface area contributed by atoms with Crippen LogP contribution in [0.5, 0.6) is 11.5 Å². The number of phenolic OH excluding ortho intramolecular Hbond substituents is 1. The number of anilines is 3. The lowest BCUT2D eigenvalue weighted by Crippen LogP contribution is -2.16. The molecule has 0 atom stereocenters. The second-order valence-electron chi connectivity index (χ2n) is 6.38. The smallest absolute Gasteiger partial charge is 0.266 e. The van der Waals surface area contributed by atoms with Gasteiger partial charge in [-0.1, -0.05) is 0 Å². The van der Waals surface area contributed by atoms with Gasteiger partial charge in [0.25, 0.3) is 10.1 Å². The van der Waals surface area contributed by atoms with E-state index in [0.29, 0.717) is 17.0 Å². The molecule has 3 rings (SSSR count). The predicted molar refractivity (Wildman–Crippen MR) is 118 cm³/mol. The van der Waals surface area contributed by atoms with Gasteiger partial charge in [0.1, 0.15) is 11.5 Å². The van der Waals surface area contributed by atoms with E-state index in [1.54, 1.807) is 30.3 Å². The third kappa shape index (κ3) is 6.26. The van der Waals surface area contributed by atoms with Crippen molar-refractivity contribution in [2.24, 2.45) is 0 Å². The average Bonchev–Trinajstić information content (AvgIpc) is 2.72. The van der Waals surface area contributed by atoms with E-state index in [9.17, 15) is 18.3 Å². The van der Waals surface area contributed by atoms with Crippen LogP contribution in [0.15, 0.2) is 42.5 Å². The molecule has 2 aromatic carbocycles. The SMILES string of the molecule is COc1ccc(C(=O)c2ccc(Nc3nc(Cl)nc(NCCS(=O)(=O)O)n3)cc2)c(O)c1. The molecule has 0 aliphatic heterocycles. The summed E-state index contributed by atoms with van der Waals surface area (Å²) in [6.07, 6.45) is 0. The van der Waals surface area contributed by atoms with Crippen LogP contribution in [0, 0.1) is 0 Å². The highest BCUT2D eigenvalue weighted by Gasteiger charge is 2.15. The highest BCUT2D eigenvalue weighted by atomic mass is 35.5. The van der Waals surface area contributed by atoms with Crippen LogP contribution in [0.4, 0.5) is 17.6 Å². The van der Waals surface area contributed by atoms with Gasteiger partial charge in [-0.2, -0.15) is 23.4 Å². The van der Waals surface area contributed by atoms with Gasteiger partial charge in [-0.05, 0) is 48.0 Å². The van der Waals surface area contributed by atoms with E-state index < -0.39 is 15.9 Å². The molecular formula is C19H18ClN5O6S. The van der Waals surface area contributed by atoms with E-state index in [1.807, 2.05) is 0 Å². The number of ether oxygens (including phenoxy) is 1. The first-order chi connectivity index (χ1) is 15.1. The molecule has 13 heteroatoms. The summed E-state index contributed by atoms with van der Waals surface area (Å²) in [6.45, 7) is -0.131. The van der Waals surface area contributed by atoms with Crippen molar-refractivity contribution in [2.75, 3.05) is 30.0 Å². The number of phenols is 1. The Morgan fingerprint density at radius 3 is 2.41 bits per heavy atom. The van der Waals surface area contributed by atoms with Crippen LogP contribution in [-0.4, -0.2) is 58.2 Å². The van der Waals surface area contributed by atoms with Crippen LogP contribution in [0.25, 0.3) is 0 Å². The quantitative estimate of drug-likeness (QED) is 0.263. The number of methoxy groups -OCH3 is 1. The molecule has 168 valence electrons. The molecule has 1 aromatic heterocycles. The van der Waals surface area contributed by atoms with Crippen LogP contribution in [0.1, 0.15) is 15.9 Å². The molecule has 0 saturated carbocycles. The van der Waals surface area contributed by atoms with E-state index in [1.165, 1.54) is 19.2 Å². The Kier molecular flexibility index (Phi) is 7.08. The summed E-state index contributed by atoms with van der Waals surface area (Å²) < 4.78 is 35.4. The van der Waals surface area contributed by atoms with Crippen LogP contribution in [0.3, 0.4) is 0 Å². The Morgan fingerprint density at radius 2 is 1.78 bits per heavy atom. The number of carbonyl (C=O) groups excluding carboxylic acids is 1. The molecule has 1 heterocycles. The minimum Gasteiger partial charge on any atom is -0.507 e. The van der Waals surface area contributed by atoms with Crippen molar-refractivity contribution in [1.29, 1.82) is 0 Å². The zero-order chi connectivity index (χ0) is 23.3. The first-order valence-corrected chi connectivity index (χ1v) is 11.0. The highest BCUT2D eigenvalue weighted by molar-refractivity contribution is 7.85. The average molecular weight is 480 g/mol. The first-order valence-electron chi connectivity index (χ1n) is 9.04. The maximum atomic E-state index is 12.7. The van der Waals surface area contributed by atoms with Crippen LogP contribution in [0.2, 0.25) is 5.28 Å². The standard InChI is InChI=1S/C19H18ClN5O6S/c1-31-13-6-7-14(15(26)10-13)16(27)11-2-4-12(5-3-11)22-19-24-17(20)23-18(25-19)21-8-9-32(28,29)30/h2-7,10,26H,8-9H2,1H3,(H,28,29,30)(H2,21,22,23,24,25). The van der Waals surface area contributed by atoms with Crippen molar-refractivity contribution in [3.63, 3.8) is 0 Å². The molecule has 11 nitrogen and oxygen atoms in total. The van der Waals surface area contributed by atoms with Gasteiger partial charge in [0.15, 0.2) is 5.78 Å². The largest absolute Gasteiger partial charge is 0.507 e. The van der Waals surface area contributed by atoms with E-state index in [4.69, 9.17) is 20.9 Å². The maximum absolute atomic E-state index is 12.7.